The molecule has 2 rings (SSSR count). The van der Waals surface area contributed by atoms with Crippen LogP contribution in [0.15, 0.2) is 12.3 Å². The summed E-state index contributed by atoms with van der Waals surface area (Å²) in [6.07, 6.45) is 3.12. The van der Waals surface area contributed by atoms with Crippen molar-refractivity contribution in [3.63, 3.8) is 0 Å². The van der Waals surface area contributed by atoms with Gasteiger partial charge < -0.3 is 9.47 Å². The fraction of sp³-hybridized carbons (Fsp3) is 0.500. The zero-order valence-corrected chi connectivity index (χ0v) is 11.7. The molecule has 1 aliphatic rings. The Labute approximate surface area is 116 Å². The van der Waals surface area contributed by atoms with Crippen molar-refractivity contribution >= 4 is 17.7 Å². The average Bonchev–Trinajstić information content (AvgIpc) is 2.94. The number of hydrogen-bond donors (Lipinski definition) is 0. The maximum absolute atomic E-state index is 11.9. The van der Waals surface area contributed by atoms with Gasteiger partial charge in [0, 0.05) is 26.2 Å². The van der Waals surface area contributed by atoms with Crippen LogP contribution < -0.4 is 9.47 Å². The van der Waals surface area contributed by atoms with E-state index < -0.39 is 6.09 Å². The van der Waals surface area contributed by atoms with Gasteiger partial charge >= 0.3 is 6.09 Å². The van der Waals surface area contributed by atoms with E-state index in [9.17, 15) is 4.79 Å². The number of hydrogen-bond acceptors (Lipinski definition) is 5. The fourth-order valence-corrected chi connectivity index (χ4v) is 2.07. The molecule has 1 aromatic rings. The minimum atomic E-state index is -0.451. The van der Waals surface area contributed by atoms with Gasteiger partial charge in [0.25, 0.3) is 0 Å². The summed E-state index contributed by atoms with van der Waals surface area (Å²) >= 11 is 5.80. The first-order chi connectivity index (χ1) is 9.11. The van der Waals surface area contributed by atoms with Gasteiger partial charge in [-0.2, -0.15) is 0 Å². The van der Waals surface area contributed by atoms with Crippen LogP contribution in [0.3, 0.4) is 0 Å². The number of carbonyl (C=O) groups excluding carboxylic acids is 1. The Kier molecular flexibility index (Phi) is 4.44. The summed E-state index contributed by atoms with van der Waals surface area (Å²) in [4.78, 5) is 15.8. The second-order valence-corrected chi connectivity index (χ2v) is 4.57. The van der Waals surface area contributed by atoms with Gasteiger partial charge in [-0.1, -0.05) is 11.6 Å². The Hall–Kier alpha value is -1.53. The topological polar surface area (TPSA) is 54.9 Å². The molecule has 0 aromatic carbocycles. The Bertz CT molecular complexity index is 464. The van der Waals surface area contributed by atoms with E-state index in [0.29, 0.717) is 11.5 Å². The molecule has 1 amide bonds. The molecule has 0 radical (unpaired) electrons. The Morgan fingerprint density at radius 2 is 2.16 bits per heavy atom. The van der Waals surface area contributed by atoms with Crippen LogP contribution in [-0.4, -0.2) is 48.3 Å². The quantitative estimate of drug-likeness (QED) is 0.797. The molecule has 6 nitrogen and oxygen atoms in total. The molecule has 0 spiro atoms. The molecule has 1 aromatic heterocycles. The van der Waals surface area contributed by atoms with Crippen molar-refractivity contribution in [2.45, 2.75) is 12.8 Å². The maximum atomic E-state index is 11.9. The number of rotatable bonds is 3. The predicted octanol–water partition coefficient (Wildman–Crippen LogP) is 2.18. The summed E-state index contributed by atoms with van der Waals surface area (Å²) in [5, 5.41) is 3.66. The molecule has 2 heterocycles. The standard InChI is InChI=1S/C12H16ClN3O3/c1-15(16-5-3-4-6-16)12(17)19-9-7-10(18-2)11(13)14-8-9/h7-8H,3-6H2,1-2H3. The molecule has 1 aliphatic heterocycles. The van der Waals surface area contributed by atoms with E-state index in [2.05, 4.69) is 4.98 Å². The molecule has 104 valence electrons. The van der Waals surface area contributed by atoms with Crippen molar-refractivity contribution < 1.29 is 14.3 Å². The number of carbonyl (C=O) groups is 1. The monoisotopic (exact) mass is 285 g/mol. The summed E-state index contributed by atoms with van der Waals surface area (Å²) in [5.41, 5.74) is 0. The van der Waals surface area contributed by atoms with Crippen molar-refractivity contribution in [2.75, 3.05) is 27.2 Å². The first-order valence-corrected chi connectivity index (χ1v) is 6.39. The van der Waals surface area contributed by atoms with Gasteiger partial charge in [0.05, 0.1) is 13.3 Å². The second kappa shape index (κ2) is 6.08. The Morgan fingerprint density at radius 1 is 1.47 bits per heavy atom. The Balaban J connectivity index is 2.01. The number of ether oxygens (including phenoxy) is 2. The van der Waals surface area contributed by atoms with E-state index >= 15 is 0 Å². The number of aromatic nitrogens is 1. The molecule has 7 heteroatoms. The average molecular weight is 286 g/mol. The summed E-state index contributed by atoms with van der Waals surface area (Å²) in [7, 11) is 3.17. The lowest BCUT2D eigenvalue weighted by Gasteiger charge is -2.26. The minimum Gasteiger partial charge on any atom is -0.493 e. The van der Waals surface area contributed by atoms with E-state index in [1.807, 2.05) is 5.01 Å². The van der Waals surface area contributed by atoms with Crippen LogP contribution in [0, 0.1) is 0 Å². The second-order valence-electron chi connectivity index (χ2n) is 4.22. The Morgan fingerprint density at radius 3 is 2.79 bits per heavy atom. The van der Waals surface area contributed by atoms with Crippen LogP contribution in [-0.2, 0) is 0 Å². The minimum absolute atomic E-state index is 0.232. The molecular formula is C12H16ClN3O3. The number of amides is 1. The summed E-state index contributed by atoms with van der Waals surface area (Å²) < 4.78 is 10.2. The summed E-state index contributed by atoms with van der Waals surface area (Å²) in [6, 6.07) is 1.53. The van der Waals surface area contributed by atoms with Crippen LogP contribution in [0.1, 0.15) is 12.8 Å². The van der Waals surface area contributed by atoms with Gasteiger partial charge in [0.1, 0.15) is 0 Å². The maximum Gasteiger partial charge on any atom is 0.429 e. The highest BCUT2D eigenvalue weighted by atomic mass is 35.5. The van der Waals surface area contributed by atoms with Gasteiger partial charge in [0.15, 0.2) is 16.7 Å². The third-order valence-corrected chi connectivity index (χ3v) is 3.26. The van der Waals surface area contributed by atoms with E-state index in [1.165, 1.54) is 24.4 Å². The SMILES string of the molecule is COc1cc(OC(=O)N(C)N2CCCC2)cnc1Cl. The van der Waals surface area contributed by atoms with Crippen LogP contribution in [0.2, 0.25) is 5.15 Å². The smallest absolute Gasteiger partial charge is 0.429 e. The lowest BCUT2D eigenvalue weighted by molar-refractivity contribution is 0.0353. The van der Waals surface area contributed by atoms with Crippen molar-refractivity contribution in [1.82, 2.24) is 15.0 Å². The molecule has 0 bridgehead atoms. The van der Waals surface area contributed by atoms with Gasteiger partial charge in [-0.25, -0.2) is 19.8 Å². The van der Waals surface area contributed by atoms with E-state index in [1.54, 1.807) is 7.05 Å². The van der Waals surface area contributed by atoms with Gasteiger partial charge in [0.2, 0.25) is 0 Å². The van der Waals surface area contributed by atoms with E-state index in [4.69, 9.17) is 21.1 Å². The zero-order chi connectivity index (χ0) is 13.8. The van der Waals surface area contributed by atoms with Crippen molar-refractivity contribution in [2.24, 2.45) is 0 Å². The van der Waals surface area contributed by atoms with Crippen molar-refractivity contribution in [3.05, 3.63) is 17.4 Å². The first-order valence-electron chi connectivity index (χ1n) is 6.01. The van der Waals surface area contributed by atoms with Crippen LogP contribution >= 0.6 is 11.6 Å². The lowest BCUT2D eigenvalue weighted by atomic mass is 10.4. The van der Waals surface area contributed by atoms with E-state index in [0.717, 1.165) is 25.9 Å². The number of pyridine rings is 1. The van der Waals surface area contributed by atoms with Crippen LogP contribution in [0.25, 0.3) is 0 Å². The summed E-state index contributed by atoms with van der Waals surface area (Å²) in [5.74, 6) is 0.674. The largest absolute Gasteiger partial charge is 0.493 e. The highest BCUT2D eigenvalue weighted by molar-refractivity contribution is 6.30. The third-order valence-electron chi connectivity index (χ3n) is 2.98. The number of halogens is 1. The third kappa shape index (κ3) is 3.27. The molecule has 1 saturated heterocycles. The molecule has 19 heavy (non-hydrogen) atoms. The predicted molar refractivity (Wildman–Crippen MR) is 70.4 cm³/mol. The molecule has 0 saturated carbocycles. The van der Waals surface area contributed by atoms with E-state index in [-0.39, 0.29) is 5.15 Å². The van der Waals surface area contributed by atoms with Gasteiger partial charge in [-0.05, 0) is 12.8 Å². The number of methoxy groups -OCH3 is 1. The molecule has 1 fully saturated rings. The van der Waals surface area contributed by atoms with Crippen LogP contribution in [0.5, 0.6) is 11.5 Å². The normalized spacial score (nSPS) is 15.3. The van der Waals surface area contributed by atoms with Gasteiger partial charge in [-0.15, -0.1) is 0 Å². The highest BCUT2D eigenvalue weighted by Crippen LogP contribution is 2.26. The molecule has 0 atom stereocenters. The molecule has 0 aliphatic carbocycles. The zero-order valence-electron chi connectivity index (χ0n) is 10.9. The molecule has 0 N–H and O–H groups in total. The fourth-order valence-electron chi connectivity index (χ4n) is 1.89. The van der Waals surface area contributed by atoms with Gasteiger partial charge in [-0.3, -0.25) is 0 Å². The first kappa shape index (κ1) is 13.9. The molecule has 0 unspecified atom stereocenters. The highest BCUT2D eigenvalue weighted by Gasteiger charge is 2.22. The molecular weight excluding hydrogens is 270 g/mol. The number of hydrazine groups is 1. The summed E-state index contributed by atoms with van der Waals surface area (Å²) in [6.45, 7) is 1.74. The lowest BCUT2D eigenvalue weighted by Crippen LogP contribution is -2.43. The van der Waals surface area contributed by atoms with Crippen molar-refractivity contribution in [1.29, 1.82) is 0 Å². The van der Waals surface area contributed by atoms with Crippen molar-refractivity contribution in [3.8, 4) is 11.5 Å². The van der Waals surface area contributed by atoms with Crippen LogP contribution in [0.4, 0.5) is 4.79 Å². The number of nitrogens with zero attached hydrogens (tertiary/aromatic N) is 3.